The molecule has 0 spiro atoms. The Morgan fingerprint density at radius 2 is 1.44 bits per heavy atom. The van der Waals surface area contributed by atoms with Crippen LogP contribution in [0.3, 0.4) is 0 Å². The average molecular weight is 255 g/mol. The normalized spacial score (nSPS) is 10.3. The standard InChI is InChI=1S/C15H29NO2/c1-3-4-5-6-7-8-9-10-11-12-18-15(17)13-14(2)16/h16H,3-13H2,1-2H3. The Hall–Kier alpha value is -0.860. The van der Waals surface area contributed by atoms with E-state index in [9.17, 15) is 4.79 Å². The SMILES string of the molecule is CCCCCCCCCCCOC(=O)CC(C)=N. The van der Waals surface area contributed by atoms with Gasteiger partial charge in [0.2, 0.25) is 0 Å². The van der Waals surface area contributed by atoms with Crippen molar-refractivity contribution in [3.63, 3.8) is 0 Å². The molecule has 3 heteroatoms. The molecule has 0 rings (SSSR count). The van der Waals surface area contributed by atoms with Crippen molar-refractivity contribution in [2.75, 3.05) is 6.61 Å². The highest BCUT2D eigenvalue weighted by molar-refractivity contribution is 5.95. The Balaban J connectivity index is 3.11. The minimum Gasteiger partial charge on any atom is -0.465 e. The Bertz CT molecular complexity index is 227. The summed E-state index contributed by atoms with van der Waals surface area (Å²) >= 11 is 0. The van der Waals surface area contributed by atoms with Crippen LogP contribution in [-0.2, 0) is 9.53 Å². The summed E-state index contributed by atoms with van der Waals surface area (Å²) in [7, 11) is 0. The summed E-state index contributed by atoms with van der Waals surface area (Å²) < 4.78 is 5.03. The Kier molecular flexibility index (Phi) is 12.0. The molecule has 0 amide bonds. The summed E-state index contributed by atoms with van der Waals surface area (Å²) in [5, 5.41) is 7.16. The highest BCUT2D eigenvalue weighted by Crippen LogP contribution is 2.09. The third-order valence-electron chi connectivity index (χ3n) is 2.92. The molecule has 0 unspecified atom stereocenters. The van der Waals surface area contributed by atoms with Crippen LogP contribution in [0.2, 0.25) is 0 Å². The quantitative estimate of drug-likeness (QED) is 0.317. The molecule has 3 nitrogen and oxygen atoms in total. The van der Waals surface area contributed by atoms with Gasteiger partial charge >= 0.3 is 5.97 Å². The number of carbonyl (C=O) groups excluding carboxylic acids is 1. The van der Waals surface area contributed by atoms with Gasteiger partial charge in [-0.1, -0.05) is 58.3 Å². The third kappa shape index (κ3) is 13.2. The van der Waals surface area contributed by atoms with Gasteiger partial charge in [0.25, 0.3) is 0 Å². The van der Waals surface area contributed by atoms with Crippen LogP contribution in [-0.4, -0.2) is 18.3 Å². The first kappa shape index (κ1) is 17.1. The first-order valence-electron chi connectivity index (χ1n) is 7.36. The lowest BCUT2D eigenvalue weighted by Gasteiger charge is -2.04. The van der Waals surface area contributed by atoms with Crippen molar-refractivity contribution < 1.29 is 9.53 Å². The summed E-state index contributed by atoms with van der Waals surface area (Å²) in [6.07, 6.45) is 11.5. The maximum atomic E-state index is 11.1. The lowest BCUT2D eigenvalue weighted by atomic mass is 10.1. The Morgan fingerprint density at radius 1 is 0.944 bits per heavy atom. The molecule has 0 radical (unpaired) electrons. The Morgan fingerprint density at radius 3 is 1.94 bits per heavy atom. The maximum Gasteiger partial charge on any atom is 0.311 e. The molecule has 0 atom stereocenters. The van der Waals surface area contributed by atoms with E-state index in [4.69, 9.17) is 10.1 Å². The molecule has 0 bridgehead atoms. The number of hydrogen-bond donors (Lipinski definition) is 1. The lowest BCUT2D eigenvalue weighted by Crippen LogP contribution is -2.09. The summed E-state index contributed by atoms with van der Waals surface area (Å²) in [5.41, 5.74) is 0.368. The molecule has 0 aliphatic heterocycles. The molecule has 1 N–H and O–H groups in total. The minimum absolute atomic E-state index is 0.136. The van der Waals surface area contributed by atoms with Gasteiger partial charge in [0.05, 0.1) is 13.0 Å². The number of nitrogens with one attached hydrogen (secondary N) is 1. The number of hydrogen-bond acceptors (Lipinski definition) is 3. The molecule has 0 aromatic carbocycles. The molecule has 0 aromatic heterocycles. The summed E-state index contributed by atoms with van der Waals surface area (Å²) in [5.74, 6) is -0.262. The molecule has 0 saturated carbocycles. The zero-order valence-electron chi connectivity index (χ0n) is 12.1. The van der Waals surface area contributed by atoms with E-state index in [1.807, 2.05) is 0 Å². The molecule has 18 heavy (non-hydrogen) atoms. The van der Waals surface area contributed by atoms with Gasteiger partial charge in [0.15, 0.2) is 0 Å². The van der Waals surface area contributed by atoms with Crippen molar-refractivity contribution in [1.29, 1.82) is 5.41 Å². The first-order valence-corrected chi connectivity index (χ1v) is 7.36. The lowest BCUT2D eigenvalue weighted by molar-refractivity contribution is -0.142. The van der Waals surface area contributed by atoms with Crippen LogP contribution < -0.4 is 0 Å². The first-order chi connectivity index (χ1) is 8.66. The molecule has 0 fully saturated rings. The van der Waals surface area contributed by atoms with Gasteiger partial charge in [-0.3, -0.25) is 4.79 Å². The van der Waals surface area contributed by atoms with Crippen molar-refractivity contribution in [3.8, 4) is 0 Å². The highest BCUT2D eigenvalue weighted by Gasteiger charge is 2.02. The number of unbranched alkanes of at least 4 members (excludes halogenated alkanes) is 8. The van der Waals surface area contributed by atoms with E-state index < -0.39 is 0 Å². The summed E-state index contributed by atoms with van der Waals surface area (Å²) in [6, 6.07) is 0. The summed E-state index contributed by atoms with van der Waals surface area (Å²) in [6.45, 7) is 4.38. The van der Waals surface area contributed by atoms with Crippen LogP contribution in [0.1, 0.15) is 78.1 Å². The fraction of sp³-hybridized carbons (Fsp3) is 0.867. The molecular formula is C15H29NO2. The fourth-order valence-electron chi connectivity index (χ4n) is 1.87. The fourth-order valence-corrected chi connectivity index (χ4v) is 1.87. The molecule has 0 heterocycles. The second kappa shape index (κ2) is 12.6. The largest absolute Gasteiger partial charge is 0.465 e. The number of ether oxygens (including phenoxy) is 1. The van der Waals surface area contributed by atoms with Gasteiger partial charge in [0.1, 0.15) is 0 Å². The maximum absolute atomic E-state index is 11.1. The van der Waals surface area contributed by atoms with Crippen LogP contribution in [0.25, 0.3) is 0 Å². The third-order valence-corrected chi connectivity index (χ3v) is 2.92. The number of carbonyl (C=O) groups is 1. The van der Waals surface area contributed by atoms with Gasteiger partial charge < -0.3 is 10.1 Å². The van der Waals surface area contributed by atoms with Crippen LogP contribution in [0.4, 0.5) is 0 Å². The topological polar surface area (TPSA) is 50.2 Å². The van der Waals surface area contributed by atoms with Crippen LogP contribution in [0.15, 0.2) is 0 Å². The smallest absolute Gasteiger partial charge is 0.311 e. The van der Waals surface area contributed by atoms with Crippen LogP contribution in [0.5, 0.6) is 0 Å². The van der Waals surface area contributed by atoms with Gasteiger partial charge in [-0.15, -0.1) is 0 Å². The molecule has 0 aliphatic carbocycles. The van der Waals surface area contributed by atoms with Crippen molar-refractivity contribution in [1.82, 2.24) is 0 Å². The zero-order chi connectivity index (χ0) is 13.6. The molecule has 106 valence electrons. The van der Waals surface area contributed by atoms with Crippen molar-refractivity contribution in [2.45, 2.75) is 78.1 Å². The van der Waals surface area contributed by atoms with E-state index in [0.29, 0.717) is 12.3 Å². The number of rotatable bonds is 12. The molecular weight excluding hydrogens is 226 g/mol. The van der Waals surface area contributed by atoms with E-state index in [1.165, 1.54) is 44.9 Å². The van der Waals surface area contributed by atoms with E-state index in [2.05, 4.69) is 6.92 Å². The predicted molar refractivity (Wildman–Crippen MR) is 76.2 cm³/mol. The second-order valence-corrected chi connectivity index (χ2v) is 5.01. The van der Waals surface area contributed by atoms with Crippen LogP contribution in [0, 0.1) is 5.41 Å². The summed E-state index contributed by atoms with van der Waals surface area (Å²) in [4.78, 5) is 11.1. The Labute approximate surface area is 112 Å². The van der Waals surface area contributed by atoms with E-state index in [-0.39, 0.29) is 12.4 Å². The minimum atomic E-state index is -0.262. The van der Waals surface area contributed by atoms with Crippen LogP contribution >= 0.6 is 0 Å². The monoisotopic (exact) mass is 255 g/mol. The van der Waals surface area contributed by atoms with E-state index in [0.717, 1.165) is 12.8 Å². The van der Waals surface area contributed by atoms with Crippen molar-refractivity contribution in [3.05, 3.63) is 0 Å². The van der Waals surface area contributed by atoms with Gasteiger partial charge in [-0.05, 0) is 13.3 Å². The zero-order valence-corrected chi connectivity index (χ0v) is 12.1. The average Bonchev–Trinajstić information content (AvgIpc) is 2.30. The van der Waals surface area contributed by atoms with E-state index >= 15 is 0 Å². The number of esters is 1. The van der Waals surface area contributed by atoms with Crippen molar-refractivity contribution in [2.24, 2.45) is 0 Å². The van der Waals surface area contributed by atoms with E-state index in [1.54, 1.807) is 6.92 Å². The van der Waals surface area contributed by atoms with Gasteiger partial charge in [0, 0.05) is 5.71 Å². The predicted octanol–water partition coefficient (Wildman–Crippen LogP) is 4.49. The van der Waals surface area contributed by atoms with Gasteiger partial charge in [-0.2, -0.15) is 0 Å². The highest BCUT2D eigenvalue weighted by atomic mass is 16.5. The van der Waals surface area contributed by atoms with Gasteiger partial charge in [-0.25, -0.2) is 0 Å². The molecule has 0 aromatic rings. The second-order valence-electron chi connectivity index (χ2n) is 5.01. The van der Waals surface area contributed by atoms with Crippen molar-refractivity contribution >= 4 is 11.7 Å². The molecule has 0 aliphatic rings. The molecule has 0 saturated heterocycles.